The van der Waals surface area contributed by atoms with Crippen LogP contribution in [0.4, 0.5) is 0 Å². The molecule has 0 aliphatic heterocycles. The molecule has 1 radical (unpaired) electrons. The van der Waals surface area contributed by atoms with Crippen molar-refractivity contribution in [2.75, 3.05) is 13.6 Å². The first kappa shape index (κ1) is 16.1. The molecule has 0 unspecified atom stereocenters. The first-order valence-electron chi connectivity index (χ1n) is 2.27. The minimum absolute atomic E-state index is 0. The molecule has 0 heterocycles. The monoisotopic (exact) mass is 247 g/mol. The number of hydrogen-bond acceptors (Lipinski definition) is 2. The van der Waals surface area contributed by atoms with Crippen molar-refractivity contribution < 1.29 is 40.4 Å². The fourth-order valence-corrected chi connectivity index (χ4v) is 0. The van der Waals surface area contributed by atoms with Crippen LogP contribution in [-0.4, -0.2) is 13.6 Å². The molecule has 0 aliphatic rings. The van der Waals surface area contributed by atoms with E-state index in [4.69, 9.17) is 5.73 Å². The topological polar surface area (TPSA) is 38.0 Å². The largest absolute Gasteiger partial charge is 0.473 e. The third-order valence-corrected chi connectivity index (χ3v) is 0.289. The van der Waals surface area contributed by atoms with Gasteiger partial charge in [0, 0.05) is 40.4 Å². The SMILES string of the molecule is C[CH-]NC.[CH2-]CN.[Pm]. The smallest absolute Gasteiger partial charge is 0 e. The maximum absolute atomic E-state index is 4.74. The predicted molar refractivity (Wildman–Crippen MR) is 33.4 cm³/mol. The van der Waals surface area contributed by atoms with E-state index in [9.17, 15) is 0 Å². The van der Waals surface area contributed by atoms with Crippen LogP contribution < -0.4 is 11.1 Å². The van der Waals surface area contributed by atoms with Crippen molar-refractivity contribution in [1.29, 1.82) is 0 Å². The molecule has 0 aromatic carbocycles. The molecule has 0 spiro atoms. The summed E-state index contributed by atoms with van der Waals surface area (Å²) in [5, 5.41) is 2.81. The Balaban J connectivity index is -0.0000000575. The molecule has 0 saturated heterocycles. The molecule has 51 valence electrons. The third-order valence-electron chi connectivity index (χ3n) is 0.289. The Hall–Kier alpha value is 1.26. The van der Waals surface area contributed by atoms with Crippen molar-refractivity contribution in [3.8, 4) is 0 Å². The summed E-state index contributed by atoms with van der Waals surface area (Å²) in [5.74, 6) is 0. The molecule has 3 heteroatoms. The van der Waals surface area contributed by atoms with Gasteiger partial charge in [-0.25, -0.2) is 0 Å². The normalized spacial score (nSPS) is 6.00. The van der Waals surface area contributed by atoms with Crippen molar-refractivity contribution in [2.45, 2.75) is 6.92 Å². The molecule has 0 aromatic rings. The maximum atomic E-state index is 4.74. The van der Waals surface area contributed by atoms with E-state index in [1.165, 1.54) is 0 Å². The van der Waals surface area contributed by atoms with Crippen molar-refractivity contribution in [2.24, 2.45) is 5.73 Å². The number of rotatable bonds is 1. The van der Waals surface area contributed by atoms with E-state index < -0.39 is 0 Å². The van der Waals surface area contributed by atoms with Crippen LogP contribution in [-0.2, 0) is 0 Å². The number of nitrogens with one attached hydrogen (secondary N) is 1. The van der Waals surface area contributed by atoms with Gasteiger partial charge in [-0.05, 0) is 7.05 Å². The summed E-state index contributed by atoms with van der Waals surface area (Å²) in [6.45, 7) is 7.58. The van der Waals surface area contributed by atoms with Gasteiger partial charge < -0.3 is 18.0 Å². The molecule has 8 heavy (non-hydrogen) atoms. The standard InChI is InChI=1S/C3H8N.C2H6N.Pm/c1-3-4-2;1-2-3;/h3-4H,1-2H3;1-3H2;/q2*-1;. The zero-order valence-corrected chi connectivity index (χ0v) is 8.39. The fraction of sp³-hybridized carbons (Fsp3) is 0.600. The van der Waals surface area contributed by atoms with Crippen LogP contribution in [0.15, 0.2) is 0 Å². The van der Waals surface area contributed by atoms with E-state index in [1.54, 1.807) is 0 Å². The third kappa shape index (κ3) is 55.8. The average Bonchev–Trinajstić information content (AvgIpc) is 1.69. The van der Waals surface area contributed by atoms with Crippen molar-refractivity contribution in [3.05, 3.63) is 13.5 Å². The molecule has 0 atom stereocenters. The minimum Gasteiger partial charge on any atom is -0.473 e. The van der Waals surface area contributed by atoms with Gasteiger partial charge in [0.25, 0.3) is 0 Å². The van der Waals surface area contributed by atoms with Gasteiger partial charge in [0.1, 0.15) is 0 Å². The molecular formula is C5H14N2Pm-2. The van der Waals surface area contributed by atoms with Gasteiger partial charge in [0.15, 0.2) is 0 Å². The van der Waals surface area contributed by atoms with Gasteiger partial charge in [-0.3, -0.25) is 6.54 Å². The van der Waals surface area contributed by atoms with Gasteiger partial charge >= 0.3 is 0 Å². The van der Waals surface area contributed by atoms with Gasteiger partial charge in [-0.2, -0.15) is 6.92 Å². The van der Waals surface area contributed by atoms with E-state index in [2.05, 4.69) is 12.2 Å². The molecule has 3 N–H and O–H groups in total. The van der Waals surface area contributed by atoms with Gasteiger partial charge in [-0.15, -0.1) is 6.54 Å². The predicted octanol–water partition coefficient (Wildman–Crippen LogP) is 0.167. The second kappa shape index (κ2) is 24.0. The maximum Gasteiger partial charge on any atom is 0 e. The Kier molecular flexibility index (Phi) is 48.4. The molecule has 0 fully saturated rings. The van der Waals surface area contributed by atoms with Crippen LogP contribution in [0.25, 0.3) is 0 Å². The second-order valence-electron chi connectivity index (χ2n) is 0.866. The summed E-state index contributed by atoms with van der Waals surface area (Å²) in [6, 6.07) is 0. The summed E-state index contributed by atoms with van der Waals surface area (Å²) in [4.78, 5) is 0. The zero-order valence-electron chi connectivity index (χ0n) is 5.52. The Morgan fingerprint density at radius 3 is 1.88 bits per heavy atom. The summed E-state index contributed by atoms with van der Waals surface area (Å²) < 4.78 is 0. The molecule has 0 aromatic heterocycles. The summed E-state index contributed by atoms with van der Waals surface area (Å²) >= 11 is 0. The second-order valence-corrected chi connectivity index (χ2v) is 0.866. The van der Waals surface area contributed by atoms with Gasteiger partial charge in [0.05, 0.1) is 0 Å². The van der Waals surface area contributed by atoms with Crippen LogP contribution in [0.1, 0.15) is 6.92 Å². The number of nitrogens with two attached hydrogens (primary N) is 1. The zero-order chi connectivity index (χ0) is 6.12. The van der Waals surface area contributed by atoms with Crippen LogP contribution in [0.2, 0.25) is 0 Å². The van der Waals surface area contributed by atoms with Gasteiger partial charge in [0.2, 0.25) is 0 Å². The van der Waals surface area contributed by atoms with E-state index >= 15 is 0 Å². The fourth-order valence-electron chi connectivity index (χ4n) is 0. The van der Waals surface area contributed by atoms with Crippen LogP contribution in [0.5, 0.6) is 0 Å². The van der Waals surface area contributed by atoms with Crippen LogP contribution >= 0.6 is 0 Å². The van der Waals surface area contributed by atoms with E-state index in [0.717, 1.165) is 0 Å². The quantitative estimate of drug-likeness (QED) is 0.648. The van der Waals surface area contributed by atoms with Crippen molar-refractivity contribution >= 4 is 0 Å². The number of hydrogen-bond donors (Lipinski definition) is 2. The van der Waals surface area contributed by atoms with E-state index in [0.29, 0.717) is 6.54 Å². The first-order chi connectivity index (χ1) is 3.33. The van der Waals surface area contributed by atoms with Crippen LogP contribution in [0.3, 0.4) is 0 Å². The van der Waals surface area contributed by atoms with Crippen LogP contribution in [0, 0.1) is 53.9 Å². The summed E-state index contributed by atoms with van der Waals surface area (Å²) in [6.07, 6.45) is 0. The Morgan fingerprint density at radius 1 is 1.75 bits per heavy atom. The minimum atomic E-state index is 0. The molecule has 0 rings (SSSR count). The first-order valence-corrected chi connectivity index (χ1v) is 2.27. The van der Waals surface area contributed by atoms with E-state index in [-0.39, 0.29) is 40.4 Å². The molecule has 0 amide bonds. The molecule has 0 bridgehead atoms. The van der Waals surface area contributed by atoms with E-state index in [1.807, 2.05) is 20.5 Å². The molecule has 0 saturated carbocycles. The Bertz CT molecular complexity index is 17.9. The Labute approximate surface area is 84.7 Å². The molecular weight excluding hydrogens is 233 g/mol. The average molecular weight is 247 g/mol. The van der Waals surface area contributed by atoms with Gasteiger partial charge in [-0.1, -0.05) is 0 Å². The Morgan fingerprint density at radius 2 is 1.88 bits per heavy atom. The summed E-state index contributed by atoms with van der Waals surface area (Å²) in [5.41, 5.74) is 4.74. The molecule has 2 nitrogen and oxygen atoms in total. The van der Waals surface area contributed by atoms with Crippen molar-refractivity contribution in [3.63, 3.8) is 0 Å². The molecule has 0 aliphatic carbocycles. The summed E-state index contributed by atoms with van der Waals surface area (Å²) in [7, 11) is 1.88. The van der Waals surface area contributed by atoms with Crippen molar-refractivity contribution in [1.82, 2.24) is 5.32 Å².